The van der Waals surface area contributed by atoms with Gasteiger partial charge in [0.2, 0.25) is 5.96 Å². The molecule has 1 heterocycles. The van der Waals surface area contributed by atoms with Gasteiger partial charge in [0, 0.05) is 5.69 Å². The Kier molecular flexibility index (Phi) is 4.70. The second-order valence-corrected chi connectivity index (χ2v) is 5.71. The molecule has 0 saturated heterocycles. The molecule has 1 aromatic carbocycles. The third-order valence-electron chi connectivity index (χ3n) is 2.81. The zero-order chi connectivity index (χ0) is 14.5. The highest BCUT2D eigenvalue weighted by Gasteiger charge is 2.13. The Hall–Kier alpha value is -1.92. The van der Waals surface area contributed by atoms with Crippen molar-refractivity contribution in [3.05, 3.63) is 45.9 Å². The molecule has 2 aromatic rings. The minimum atomic E-state index is 0.00321. The SMILES string of the molecule is Cc1nc(C)c(C(C)N=C(NN)Nc2ccccc2)s1. The normalized spacial score (nSPS) is 13.1. The van der Waals surface area contributed by atoms with Gasteiger partial charge in [-0.1, -0.05) is 18.2 Å². The number of para-hydroxylation sites is 1. The van der Waals surface area contributed by atoms with Gasteiger partial charge in [0.15, 0.2) is 0 Å². The van der Waals surface area contributed by atoms with Crippen LogP contribution in [0.25, 0.3) is 0 Å². The van der Waals surface area contributed by atoms with Gasteiger partial charge in [-0.15, -0.1) is 11.3 Å². The Morgan fingerprint density at radius 3 is 2.55 bits per heavy atom. The first-order valence-corrected chi connectivity index (χ1v) is 7.22. The van der Waals surface area contributed by atoms with E-state index in [0.717, 1.165) is 21.3 Å². The van der Waals surface area contributed by atoms with E-state index in [4.69, 9.17) is 5.84 Å². The molecule has 0 saturated carbocycles. The molecule has 0 aliphatic rings. The van der Waals surface area contributed by atoms with Gasteiger partial charge in [0.05, 0.1) is 21.6 Å². The molecule has 106 valence electrons. The fourth-order valence-electron chi connectivity index (χ4n) is 1.95. The summed E-state index contributed by atoms with van der Waals surface area (Å²) in [7, 11) is 0. The summed E-state index contributed by atoms with van der Waals surface area (Å²) in [6.45, 7) is 6.04. The Morgan fingerprint density at radius 2 is 2.00 bits per heavy atom. The van der Waals surface area contributed by atoms with Crippen molar-refractivity contribution < 1.29 is 0 Å². The highest BCUT2D eigenvalue weighted by Crippen LogP contribution is 2.27. The summed E-state index contributed by atoms with van der Waals surface area (Å²) in [6, 6.07) is 9.79. The van der Waals surface area contributed by atoms with Gasteiger partial charge in [-0.25, -0.2) is 15.8 Å². The first-order chi connectivity index (χ1) is 9.60. The van der Waals surface area contributed by atoms with Crippen LogP contribution >= 0.6 is 11.3 Å². The zero-order valence-corrected chi connectivity index (χ0v) is 12.7. The predicted octanol–water partition coefficient (Wildman–Crippen LogP) is 2.75. The molecule has 1 aromatic heterocycles. The Balaban J connectivity index is 2.16. The number of hydrogen-bond donors (Lipinski definition) is 3. The van der Waals surface area contributed by atoms with Crippen LogP contribution in [0.15, 0.2) is 35.3 Å². The second kappa shape index (κ2) is 6.49. The number of guanidine groups is 1. The van der Waals surface area contributed by atoms with Gasteiger partial charge in [-0.3, -0.25) is 5.43 Å². The molecule has 4 N–H and O–H groups in total. The summed E-state index contributed by atoms with van der Waals surface area (Å²) < 4.78 is 0. The summed E-state index contributed by atoms with van der Waals surface area (Å²) in [4.78, 5) is 10.2. The maximum atomic E-state index is 5.53. The Bertz CT molecular complexity index is 591. The summed E-state index contributed by atoms with van der Waals surface area (Å²) in [5.74, 6) is 6.07. The van der Waals surface area contributed by atoms with Crippen LogP contribution in [0.5, 0.6) is 0 Å². The van der Waals surface area contributed by atoms with Gasteiger partial charge < -0.3 is 5.32 Å². The summed E-state index contributed by atoms with van der Waals surface area (Å²) >= 11 is 1.67. The molecule has 20 heavy (non-hydrogen) atoms. The van der Waals surface area contributed by atoms with E-state index in [-0.39, 0.29) is 6.04 Å². The lowest BCUT2D eigenvalue weighted by molar-refractivity contribution is 0.810. The summed E-state index contributed by atoms with van der Waals surface area (Å²) in [6.07, 6.45) is 0. The maximum Gasteiger partial charge on any atom is 0.210 e. The van der Waals surface area contributed by atoms with Crippen LogP contribution in [0.2, 0.25) is 0 Å². The van der Waals surface area contributed by atoms with Gasteiger partial charge >= 0.3 is 0 Å². The van der Waals surface area contributed by atoms with Crippen molar-refractivity contribution in [2.24, 2.45) is 10.8 Å². The molecule has 2 rings (SSSR count). The fraction of sp³-hybridized carbons (Fsp3) is 0.286. The smallest absolute Gasteiger partial charge is 0.210 e. The first-order valence-electron chi connectivity index (χ1n) is 6.40. The minimum Gasteiger partial charge on any atom is -0.325 e. The van der Waals surface area contributed by atoms with Crippen molar-refractivity contribution in [2.45, 2.75) is 26.8 Å². The number of aryl methyl sites for hydroxylation is 2. The van der Waals surface area contributed by atoms with Crippen LogP contribution in [0.1, 0.15) is 28.5 Å². The number of hydrazine groups is 1. The number of aliphatic imine (C=N–C) groups is 1. The quantitative estimate of drug-likeness (QED) is 0.351. The number of benzene rings is 1. The number of nitrogens with two attached hydrogens (primary N) is 1. The molecule has 0 amide bonds. The van der Waals surface area contributed by atoms with E-state index in [1.165, 1.54) is 0 Å². The number of rotatable bonds is 3. The topological polar surface area (TPSA) is 75.3 Å². The maximum absolute atomic E-state index is 5.53. The van der Waals surface area contributed by atoms with Crippen molar-refractivity contribution in [2.75, 3.05) is 5.32 Å². The van der Waals surface area contributed by atoms with Gasteiger partial charge in [-0.05, 0) is 32.9 Å². The Labute approximate surface area is 122 Å². The van der Waals surface area contributed by atoms with Crippen LogP contribution in [0, 0.1) is 13.8 Å². The molecule has 0 aliphatic heterocycles. The van der Waals surface area contributed by atoms with Gasteiger partial charge in [-0.2, -0.15) is 0 Å². The predicted molar refractivity (Wildman–Crippen MR) is 84.8 cm³/mol. The van der Waals surface area contributed by atoms with E-state index in [1.54, 1.807) is 11.3 Å². The molecule has 5 nitrogen and oxygen atoms in total. The molecule has 1 unspecified atom stereocenters. The molecule has 0 bridgehead atoms. The highest BCUT2D eigenvalue weighted by molar-refractivity contribution is 7.11. The number of anilines is 1. The first kappa shape index (κ1) is 14.5. The molecular weight excluding hydrogens is 270 g/mol. The van der Waals surface area contributed by atoms with Gasteiger partial charge in [0.1, 0.15) is 0 Å². The lowest BCUT2D eigenvalue weighted by atomic mass is 10.2. The molecule has 0 fully saturated rings. The lowest BCUT2D eigenvalue weighted by Crippen LogP contribution is -2.36. The molecule has 6 heteroatoms. The van der Waals surface area contributed by atoms with Crippen molar-refractivity contribution in [3.8, 4) is 0 Å². The zero-order valence-electron chi connectivity index (χ0n) is 11.8. The van der Waals surface area contributed by atoms with Crippen LogP contribution in [-0.4, -0.2) is 10.9 Å². The number of nitrogens with one attached hydrogen (secondary N) is 2. The Morgan fingerprint density at radius 1 is 1.30 bits per heavy atom. The van der Waals surface area contributed by atoms with E-state index in [9.17, 15) is 0 Å². The standard InChI is InChI=1S/C14H19N5S/c1-9-13(20-11(3)16-9)10(2)17-14(19-15)18-12-7-5-4-6-8-12/h4-8,10H,15H2,1-3H3,(H2,17,18,19). The largest absolute Gasteiger partial charge is 0.325 e. The van der Waals surface area contributed by atoms with E-state index >= 15 is 0 Å². The van der Waals surface area contributed by atoms with E-state index < -0.39 is 0 Å². The number of thiazole rings is 1. The average molecular weight is 289 g/mol. The van der Waals surface area contributed by atoms with E-state index in [0.29, 0.717) is 5.96 Å². The van der Waals surface area contributed by atoms with Crippen molar-refractivity contribution >= 4 is 23.0 Å². The molecular formula is C14H19N5S. The third kappa shape index (κ3) is 3.55. The monoisotopic (exact) mass is 289 g/mol. The molecule has 0 aliphatic carbocycles. The number of aromatic nitrogens is 1. The highest BCUT2D eigenvalue weighted by atomic mass is 32.1. The van der Waals surface area contributed by atoms with Crippen LogP contribution in [-0.2, 0) is 0 Å². The number of nitrogens with zero attached hydrogens (tertiary/aromatic N) is 2. The van der Waals surface area contributed by atoms with Crippen molar-refractivity contribution in [1.29, 1.82) is 0 Å². The third-order valence-corrected chi connectivity index (χ3v) is 4.06. The van der Waals surface area contributed by atoms with E-state index in [1.807, 2.05) is 51.1 Å². The van der Waals surface area contributed by atoms with E-state index in [2.05, 4.69) is 20.7 Å². The second-order valence-electron chi connectivity index (χ2n) is 4.47. The van der Waals surface area contributed by atoms with Gasteiger partial charge in [0.25, 0.3) is 0 Å². The van der Waals surface area contributed by atoms with Crippen molar-refractivity contribution in [3.63, 3.8) is 0 Å². The summed E-state index contributed by atoms with van der Waals surface area (Å²) in [5.41, 5.74) is 4.57. The molecule has 1 atom stereocenters. The average Bonchev–Trinajstić information content (AvgIpc) is 2.78. The lowest BCUT2D eigenvalue weighted by Gasteiger charge is -2.12. The molecule has 0 radical (unpaired) electrons. The summed E-state index contributed by atoms with van der Waals surface area (Å²) in [5, 5.41) is 4.21. The van der Waals surface area contributed by atoms with Crippen LogP contribution in [0.4, 0.5) is 5.69 Å². The fourth-order valence-corrected chi connectivity index (χ4v) is 2.87. The van der Waals surface area contributed by atoms with Crippen molar-refractivity contribution in [1.82, 2.24) is 10.4 Å². The van der Waals surface area contributed by atoms with Crippen LogP contribution in [0.3, 0.4) is 0 Å². The van der Waals surface area contributed by atoms with Crippen LogP contribution < -0.4 is 16.6 Å². The number of hydrogen-bond acceptors (Lipinski definition) is 4. The minimum absolute atomic E-state index is 0.00321. The molecule has 0 spiro atoms.